The summed E-state index contributed by atoms with van der Waals surface area (Å²) in [6.07, 6.45) is 0.772. The number of halogens is 1. The topological polar surface area (TPSA) is 25.2 Å². The van der Waals surface area contributed by atoms with Crippen LogP contribution in [0.3, 0.4) is 0 Å². The van der Waals surface area contributed by atoms with E-state index in [1.165, 1.54) is 17.7 Å². The maximum absolute atomic E-state index is 13.8. The van der Waals surface area contributed by atoms with Gasteiger partial charge in [0.2, 0.25) is 0 Å². The number of amides is 1. The van der Waals surface area contributed by atoms with Gasteiger partial charge in [-0.1, -0.05) is 66.7 Å². The minimum Gasteiger partial charge on any atom is -0.343 e. The fraction of sp³-hybridized carbons (Fsp3) is 0.129. The van der Waals surface area contributed by atoms with Gasteiger partial charge in [-0.25, -0.2) is 4.39 Å². The molecule has 0 bridgehead atoms. The lowest BCUT2D eigenvalue weighted by molar-refractivity contribution is 0.0753. The number of hydrogen-bond acceptors (Lipinski definition) is 1. The molecule has 0 radical (unpaired) electrons. The van der Waals surface area contributed by atoms with Gasteiger partial charge in [-0.15, -0.1) is 0 Å². The van der Waals surface area contributed by atoms with Gasteiger partial charge in [0.25, 0.3) is 5.91 Å². The van der Waals surface area contributed by atoms with E-state index in [-0.39, 0.29) is 17.8 Å². The summed E-state index contributed by atoms with van der Waals surface area (Å²) in [5.41, 5.74) is 7.08. The maximum atomic E-state index is 13.8. The Morgan fingerprint density at radius 1 is 0.800 bits per heavy atom. The van der Waals surface area contributed by atoms with E-state index in [4.69, 9.17) is 0 Å². The van der Waals surface area contributed by atoms with Crippen LogP contribution in [-0.4, -0.2) is 21.9 Å². The number of carbonyl (C=O) groups excluding carboxylic acids is 1. The highest BCUT2D eigenvalue weighted by atomic mass is 19.1. The molecule has 3 nitrogen and oxygen atoms in total. The SMILES string of the molecule is Cn1c(-c2ccc(F)cc2)c([C@@H]2c3ccccc3C(=O)N2CCc2ccccc2)c2ccccc21. The molecule has 0 saturated heterocycles. The van der Waals surface area contributed by atoms with Gasteiger partial charge < -0.3 is 9.47 Å². The lowest BCUT2D eigenvalue weighted by atomic mass is 9.93. The molecule has 1 aliphatic heterocycles. The number of aromatic nitrogens is 1. The molecular weight excluding hydrogens is 435 g/mol. The molecule has 4 heteroatoms. The van der Waals surface area contributed by atoms with Crippen molar-refractivity contribution in [2.24, 2.45) is 7.05 Å². The molecule has 0 spiro atoms. The van der Waals surface area contributed by atoms with E-state index in [1.54, 1.807) is 0 Å². The van der Waals surface area contributed by atoms with E-state index in [2.05, 4.69) is 34.9 Å². The monoisotopic (exact) mass is 460 g/mol. The summed E-state index contributed by atoms with van der Waals surface area (Å²) in [5, 5.41) is 1.11. The zero-order chi connectivity index (χ0) is 23.9. The van der Waals surface area contributed by atoms with Crippen molar-refractivity contribution in [1.29, 1.82) is 0 Å². The van der Waals surface area contributed by atoms with Crippen LogP contribution in [0.25, 0.3) is 22.2 Å². The summed E-state index contributed by atoms with van der Waals surface area (Å²) in [6.45, 7) is 0.605. The van der Waals surface area contributed by atoms with E-state index in [0.29, 0.717) is 6.54 Å². The van der Waals surface area contributed by atoms with Crippen LogP contribution < -0.4 is 0 Å². The second-order valence-electron chi connectivity index (χ2n) is 9.07. The van der Waals surface area contributed by atoms with E-state index >= 15 is 0 Å². The van der Waals surface area contributed by atoms with Crippen molar-refractivity contribution >= 4 is 16.8 Å². The third-order valence-corrected chi connectivity index (χ3v) is 7.08. The second kappa shape index (κ2) is 8.55. The Balaban J connectivity index is 1.56. The van der Waals surface area contributed by atoms with Crippen LogP contribution in [0.1, 0.15) is 33.1 Å². The average molecular weight is 461 g/mol. The Morgan fingerprint density at radius 2 is 1.49 bits per heavy atom. The first kappa shape index (κ1) is 21.4. The molecule has 1 amide bonds. The van der Waals surface area contributed by atoms with Gasteiger partial charge in [-0.3, -0.25) is 4.79 Å². The molecule has 1 aliphatic rings. The predicted octanol–water partition coefficient (Wildman–Crippen LogP) is 6.77. The van der Waals surface area contributed by atoms with Crippen molar-refractivity contribution in [3.05, 3.63) is 131 Å². The molecule has 35 heavy (non-hydrogen) atoms. The Bertz CT molecular complexity index is 1540. The molecule has 6 rings (SSSR count). The molecule has 2 heterocycles. The van der Waals surface area contributed by atoms with Crippen molar-refractivity contribution in [2.75, 3.05) is 6.54 Å². The van der Waals surface area contributed by atoms with E-state index in [1.807, 2.05) is 72.6 Å². The molecule has 0 unspecified atom stereocenters. The maximum Gasteiger partial charge on any atom is 0.255 e. The van der Waals surface area contributed by atoms with Gasteiger partial charge in [0, 0.05) is 35.6 Å². The van der Waals surface area contributed by atoms with Crippen LogP contribution >= 0.6 is 0 Å². The molecule has 0 fully saturated rings. The highest BCUT2D eigenvalue weighted by Gasteiger charge is 2.40. The highest BCUT2D eigenvalue weighted by Crippen LogP contribution is 2.46. The lowest BCUT2D eigenvalue weighted by Crippen LogP contribution is -2.31. The van der Waals surface area contributed by atoms with Crippen LogP contribution in [0.5, 0.6) is 0 Å². The average Bonchev–Trinajstić information content (AvgIpc) is 3.34. The number of rotatable bonds is 5. The van der Waals surface area contributed by atoms with E-state index in [0.717, 1.165) is 45.3 Å². The number of nitrogens with zero attached hydrogens (tertiary/aromatic N) is 2. The molecule has 0 saturated carbocycles. The Labute approximate surface area is 204 Å². The van der Waals surface area contributed by atoms with Gasteiger partial charge in [-0.2, -0.15) is 0 Å². The number of fused-ring (bicyclic) bond motifs is 2. The van der Waals surface area contributed by atoms with Crippen molar-refractivity contribution in [1.82, 2.24) is 9.47 Å². The van der Waals surface area contributed by atoms with Crippen LogP contribution in [0.2, 0.25) is 0 Å². The molecule has 5 aromatic rings. The van der Waals surface area contributed by atoms with Gasteiger partial charge in [-0.05, 0) is 59.5 Å². The first-order valence-corrected chi connectivity index (χ1v) is 11.9. The standard InChI is InChI=1S/C31H25FN2O/c1-33-27-14-8-7-13-26(27)28(29(33)22-15-17-23(32)18-16-22)30-24-11-5-6-12-25(24)31(35)34(30)20-19-21-9-3-2-4-10-21/h2-18,30H,19-20H2,1H3/t30-/m0/s1. The summed E-state index contributed by atoms with van der Waals surface area (Å²) in [7, 11) is 2.04. The smallest absolute Gasteiger partial charge is 0.255 e. The second-order valence-corrected chi connectivity index (χ2v) is 9.07. The Kier molecular flexibility index (Phi) is 5.22. The first-order valence-electron chi connectivity index (χ1n) is 11.9. The number of aryl methyl sites for hydroxylation is 1. The zero-order valence-electron chi connectivity index (χ0n) is 19.5. The quantitative estimate of drug-likeness (QED) is 0.284. The predicted molar refractivity (Wildman–Crippen MR) is 138 cm³/mol. The summed E-state index contributed by atoms with van der Waals surface area (Å²) >= 11 is 0. The van der Waals surface area contributed by atoms with E-state index in [9.17, 15) is 9.18 Å². The fourth-order valence-electron chi connectivity index (χ4n) is 5.46. The van der Waals surface area contributed by atoms with Gasteiger partial charge in [0.1, 0.15) is 5.82 Å². The summed E-state index contributed by atoms with van der Waals surface area (Å²) in [4.78, 5) is 15.7. The number of benzene rings is 4. The van der Waals surface area contributed by atoms with Crippen molar-refractivity contribution in [3.8, 4) is 11.3 Å². The molecule has 1 aromatic heterocycles. The minimum absolute atomic E-state index is 0.0551. The van der Waals surface area contributed by atoms with Crippen LogP contribution in [0.15, 0.2) is 103 Å². The number of para-hydroxylation sites is 1. The lowest BCUT2D eigenvalue weighted by Gasteiger charge is -2.27. The van der Waals surface area contributed by atoms with Crippen LogP contribution in [0, 0.1) is 5.82 Å². The van der Waals surface area contributed by atoms with Crippen LogP contribution in [-0.2, 0) is 13.5 Å². The molecule has 0 N–H and O–H groups in total. The third-order valence-electron chi connectivity index (χ3n) is 7.08. The molecule has 4 aromatic carbocycles. The van der Waals surface area contributed by atoms with Gasteiger partial charge in [0.15, 0.2) is 0 Å². The summed E-state index contributed by atoms with van der Waals surface area (Å²) in [5.74, 6) is -0.209. The molecule has 0 aliphatic carbocycles. The molecular formula is C31H25FN2O. The van der Waals surface area contributed by atoms with Crippen molar-refractivity contribution < 1.29 is 9.18 Å². The zero-order valence-corrected chi connectivity index (χ0v) is 19.5. The first-order chi connectivity index (χ1) is 17.1. The normalized spacial score (nSPS) is 15.1. The van der Waals surface area contributed by atoms with Gasteiger partial charge >= 0.3 is 0 Å². The Hall–Kier alpha value is -4.18. The molecule has 1 atom stereocenters. The van der Waals surface area contributed by atoms with Gasteiger partial charge in [0.05, 0.1) is 11.7 Å². The van der Waals surface area contributed by atoms with Crippen molar-refractivity contribution in [3.63, 3.8) is 0 Å². The highest BCUT2D eigenvalue weighted by molar-refractivity contribution is 6.02. The van der Waals surface area contributed by atoms with E-state index < -0.39 is 0 Å². The van der Waals surface area contributed by atoms with Crippen molar-refractivity contribution in [2.45, 2.75) is 12.5 Å². The largest absolute Gasteiger partial charge is 0.343 e. The molecule has 172 valence electrons. The third kappa shape index (κ3) is 3.53. The minimum atomic E-state index is -0.264. The number of carbonyl (C=O) groups is 1. The summed E-state index contributed by atoms with van der Waals surface area (Å²) < 4.78 is 16.0. The fourth-order valence-corrected chi connectivity index (χ4v) is 5.46. The number of hydrogen-bond donors (Lipinski definition) is 0. The Morgan fingerprint density at radius 3 is 2.29 bits per heavy atom. The summed E-state index contributed by atoms with van der Waals surface area (Å²) in [6, 6.07) is 32.9. The van der Waals surface area contributed by atoms with Crippen LogP contribution in [0.4, 0.5) is 4.39 Å².